The first-order valence-corrected chi connectivity index (χ1v) is 12.3. The van der Waals surface area contributed by atoms with Gasteiger partial charge < -0.3 is 15.7 Å². The number of aromatic carboxylic acids is 1. The number of nitrogens with two attached hydrogens (primary N) is 1. The van der Waals surface area contributed by atoms with Gasteiger partial charge in [0.1, 0.15) is 0 Å². The van der Waals surface area contributed by atoms with Gasteiger partial charge in [0.05, 0.1) is 11.6 Å². The number of hydrogen-bond acceptors (Lipinski definition) is 4. The highest BCUT2D eigenvalue weighted by atomic mass is 16.4. The molecule has 186 valence electrons. The number of hydrogen-bond donors (Lipinski definition) is 2. The van der Waals surface area contributed by atoms with E-state index in [1.807, 2.05) is 56.3 Å². The molecule has 0 saturated carbocycles. The second-order valence-electron chi connectivity index (χ2n) is 10.0. The molecule has 1 aliphatic rings. The minimum absolute atomic E-state index is 0.0558. The molecule has 3 aromatic rings. The number of amides is 1. The summed E-state index contributed by atoms with van der Waals surface area (Å²) in [6.07, 6.45) is 1.73. The van der Waals surface area contributed by atoms with Crippen LogP contribution in [-0.4, -0.2) is 40.3 Å². The van der Waals surface area contributed by atoms with Crippen LogP contribution in [0.15, 0.2) is 78.9 Å². The highest BCUT2D eigenvalue weighted by Gasteiger charge is 2.40. The Morgan fingerprint density at radius 1 is 0.917 bits per heavy atom. The summed E-state index contributed by atoms with van der Waals surface area (Å²) in [5.41, 5.74) is 9.07. The van der Waals surface area contributed by atoms with Gasteiger partial charge in [-0.1, -0.05) is 54.6 Å². The normalized spacial score (nSPS) is 18.0. The first kappa shape index (κ1) is 25.3. The van der Waals surface area contributed by atoms with Gasteiger partial charge in [-0.15, -0.1) is 0 Å². The van der Waals surface area contributed by atoms with Crippen LogP contribution in [0.2, 0.25) is 0 Å². The van der Waals surface area contributed by atoms with Gasteiger partial charge in [-0.25, -0.2) is 4.79 Å². The van der Waals surface area contributed by atoms with E-state index in [1.165, 1.54) is 12.1 Å². The van der Waals surface area contributed by atoms with Crippen molar-refractivity contribution in [3.05, 3.63) is 107 Å². The number of carboxylic acids is 1. The van der Waals surface area contributed by atoms with Crippen LogP contribution in [0.3, 0.4) is 0 Å². The molecule has 1 saturated heterocycles. The van der Waals surface area contributed by atoms with Gasteiger partial charge >= 0.3 is 5.97 Å². The second-order valence-corrected chi connectivity index (χ2v) is 10.0. The molecule has 0 aromatic heterocycles. The summed E-state index contributed by atoms with van der Waals surface area (Å²) in [7, 11) is 0. The Kier molecular flexibility index (Phi) is 7.36. The summed E-state index contributed by atoms with van der Waals surface area (Å²) in [5.74, 6) is -1.35. The van der Waals surface area contributed by atoms with E-state index in [9.17, 15) is 14.4 Å². The molecule has 4 rings (SSSR count). The molecule has 1 amide bonds. The lowest BCUT2D eigenvalue weighted by molar-refractivity contribution is -0.124. The molecule has 6 heteroatoms. The van der Waals surface area contributed by atoms with E-state index in [2.05, 4.69) is 0 Å². The van der Waals surface area contributed by atoms with Crippen molar-refractivity contribution < 1.29 is 19.5 Å². The average Bonchev–Trinajstić information content (AvgIpc) is 2.88. The van der Waals surface area contributed by atoms with Crippen LogP contribution in [0, 0.1) is 0 Å². The maximum absolute atomic E-state index is 13.8. The van der Waals surface area contributed by atoms with Crippen molar-refractivity contribution in [2.24, 2.45) is 5.73 Å². The zero-order chi connectivity index (χ0) is 25.9. The standard InChI is InChI=1S/C30H32N2O4/c1-30(2,31)24-16-14-22(15-17-24)28(34)32-18-6-9-25(21-7-4-3-5-8-21)27(32)26(33)19-20-10-12-23(13-11-20)29(35)36/h3-5,7-8,10-17,25,27H,6,9,18-19,31H2,1-2H3,(H,35,36). The van der Waals surface area contributed by atoms with Crippen LogP contribution in [0.4, 0.5) is 0 Å². The van der Waals surface area contributed by atoms with Crippen molar-refractivity contribution in [1.29, 1.82) is 0 Å². The fraction of sp³-hybridized carbons (Fsp3) is 0.300. The van der Waals surface area contributed by atoms with Crippen molar-refractivity contribution in [2.75, 3.05) is 6.54 Å². The predicted molar refractivity (Wildman–Crippen MR) is 139 cm³/mol. The summed E-state index contributed by atoms with van der Waals surface area (Å²) in [6, 6.07) is 22.9. The minimum Gasteiger partial charge on any atom is -0.478 e. The van der Waals surface area contributed by atoms with Crippen LogP contribution in [-0.2, 0) is 16.8 Å². The SMILES string of the molecule is CC(C)(N)c1ccc(C(=O)N2CCCC(c3ccccc3)C2C(=O)Cc2ccc(C(=O)O)cc2)cc1. The van der Waals surface area contributed by atoms with Crippen LogP contribution in [0.25, 0.3) is 0 Å². The van der Waals surface area contributed by atoms with Crippen molar-refractivity contribution >= 4 is 17.7 Å². The number of ketones is 1. The molecular formula is C30H32N2O4. The van der Waals surface area contributed by atoms with E-state index in [0.717, 1.165) is 29.5 Å². The van der Waals surface area contributed by atoms with Crippen LogP contribution in [0.5, 0.6) is 0 Å². The Morgan fingerprint density at radius 3 is 2.11 bits per heavy atom. The molecule has 3 N–H and O–H groups in total. The number of carbonyl (C=O) groups excluding carboxylic acids is 2. The van der Waals surface area contributed by atoms with Gasteiger partial charge in [0, 0.05) is 30.0 Å². The molecule has 2 atom stereocenters. The number of nitrogens with zero attached hydrogens (tertiary/aromatic N) is 1. The van der Waals surface area contributed by atoms with Gasteiger partial charge in [-0.05, 0) is 67.6 Å². The molecule has 1 aliphatic heterocycles. The topological polar surface area (TPSA) is 101 Å². The Morgan fingerprint density at radius 2 is 1.53 bits per heavy atom. The first-order valence-electron chi connectivity index (χ1n) is 12.3. The lowest BCUT2D eigenvalue weighted by Gasteiger charge is -2.41. The molecule has 0 radical (unpaired) electrons. The Balaban J connectivity index is 1.65. The molecule has 3 aromatic carbocycles. The van der Waals surface area contributed by atoms with Crippen molar-refractivity contribution in [3.63, 3.8) is 0 Å². The molecule has 0 aliphatic carbocycles. The summed E-state index contributed by atoms with van der Waals surface area (Å²) < 4.78 is 0. The zero-order valence-electron chi connectivity index (χ0n) is 20.7. The smallest absolute Gasteiger partial charge is 0.335 e. The van der Waals surface area contributed by atoms with E-state index in [4.69, 9.17) is 10.8 Å². The number of rotatable bonds is 7. The summed E-state index contributed by atoms with van der Waals surface area (Å²) in [4.78, 5) is 40.4. The highest BCUT2D eigenvalue weighted by Crippen LogP contribution is 2.35. The minimum atomic E-state index is -1.01. The van der Waals surface area contributed by atoms with Crippen molar-refractivity contribution in [3.8, 4) is 0 Å². The lowest BCUT2D eigenvalue weighted by Crippen LogP contribution is -2.52. The molecule has 0 spiro atoms. The Bertz CT molecular complexity index is 1230. The average molecular weight is 485 g/mol. The molecule has 1 fully saturated rings. The third-order valence-electron chi connectivity index (χ3n) is 6.90. The Labute approximate surface area is 211 Å². The number of piperidine rings is 1. The molecule has 0 bridgehead atoms. The Hall–Kier alpha value is -3.77. The van der Waals surface area contributed by atoms with E-state index in [1.54, 1.807) is 29.2 Å². The second kappa shape index (κ2) is 10.5. The molecule has 2 unspecified atom stereocenters. The largest absolute Gasteiger partial charge is 0.478 e. The molecular weight excluding hydrogens is 452 g/mol. The monoisotopic (exact) mass is 484 g/mol. The van der Waals surface area contributed by atoms with E-state index in [0.29, 0.717) is 12.1 Å². The third-order valence-corrected chi connectivity index (χ3v) is 6.90. The van der Waals surface area contributed by atoms with Crippen LogP contribution < -0.4 is 5.73 Å². The van der Waals surface area contributed by atoms with Gasteiger partial charge in [0.25, 0.3) is 5.91 Å². The summed E-state index contributed by atoms with van der Waals surface area (Å²) in [5, 5.41) is 9.17. The predicted octanol–water partition coefficient (Wildman–Crippen LogP) is 4.78. The van der Waals surface area contributed by atoms with Crippen molar-refractivity contribution in [1.82, 2.24) is 4.90 Å². The number of carboxylic acid groups (broad SMARTS) is 1. The quantitative estimate of drug-likeness (QED) is 0.503. The first-order chi connectivity index (χ1) is 17.1. The summed E-state index contributed by atoms with van der Waals surface area (Å²) in [6.45, 7) is 4.33. The number of benzene rings is 3. The van der Waals surface area contributed by atoms with Crippen LogP contribution in [0.1, 0.15) is 70.0 Å². The number of carbonyl (C=O) groups is 3. The lowest BCUT2D eigenvalue weighted by atomic mass is 9.80. The van der Waals surface area contributed by atoms with Gasteiger partial charge in [0.2, 0.25) is 0 Å². The zero-order valence-corrected chi connectivity index (χ0v) is 20.7. The van der Waals surface area contributed by atoms with Gasteiger partial charge in [-0.2, -0.15) is 0 Å². The highest BCUT2D eigenvalue weighted by molar-refractivity contribution is 5.99. The van der Waals surface area contributed by atoms with E-state index < -0.39 is 17.6 Å². The van der Waals surface area contributed by atoms with Crippen molar-refractivity contribution in [2.45, 2.75) is 50.6 Å². The third kappa shape index (κ3) is 5.55. The fourth-order valence-corrected chi connectivity index (χ4v) is 4.95. The molecule has 36 heavy (non-hydrogen) atoms. The van der Waals surface area contributed by atoms with Gasteiger partial charge in [-0.3, -0.25) is 9.59 Å². The summed E-state index contributed by atoms with van der Waals surface area (Å²) >= 11 is 0. The van der Waals surface area contributed by atoms with E-state index >= 15 is 0 Å². The van der Waals surface area contributed by atoms with Crippen LogP contribution >= 0.6 is 0 Å². The maximum Gasteiger partial charge on any atom is 0.335 e. The van der Waals surface area contributed by atoms with Gasteiger partial charge in [0.15, 0.2) is 5.78 Å². The van der Waals surface area contributed by atoms with E-state index in [-0.39, 0.29) is 29.6 Å². The number of Topliss-reactive ketones (excluding diaryl/α,β-unsaturated/α-hetero) is 1. The number of likely N-dealkylation sites (tertiary alicyclic amines) is 1. The molecule has 1 heterocycles. The maximum atomic E-state index is 13.8. The fourth-order valence-electron chi connectivity index (χ4n) is 4.95. The molecule has 6 nitrogen and oxygen atoms in total.